The Bertz CT molecular complexity index is 666. The molecule has 0 aromatic carbocycles. The minimum absolute atomic E-state index is 0.0141. The fraction of sp³-hybridized carbons (Fsp3) is 0.476. The van der Waals surface area contributed by atoms with Gasteiger partial charge in [-0.2, -0.15) is 0 Å². The van der Waals surface area contributed by atoms with Crippen molar-refractivity contribution in [2.24, 2.45) is 0 Å². The number of rotatable bonds is 13. The zero-order valence-corrected chi connectivity index (χ0v) is 15.0. The minimum atomic E-state index is -1.10. The number of aliphatic hydroxyl groups is 3. The second-order valence-electron chi connectivity index (χ2n) is 5.57. The van der Waals surface area contributed by atoms with E-state index in [1.54, 1.807) is 6.92 Å². The number of allylic oxidation sites excluding steroid dienone is 6. The summed E-state index contributed by atoms with van der Waals surface area (Å²) in [5.41, 5.74) is 0. The molecule has 0 aliphatic carbocycles. The summed E-state index contributed by atoms with van der Waals surface area (Å²) >= 11 is 0. The van der Waals surface area contributed by atoms with Crippen molar-refractivity contribution in [3.63, 3.8) is 0 Å². The highest BCUT2D eigenvalue weighted by atomic mass is 16.3. The van der Waals surface area contributed by atoms with E-state index < -0.39 is 18.3 Å². The van der Waals surface area contributed by atoms with Gasteiger partial charge in [0.05, 0.1) is 23.8 Å². The third kappa shape index (κ3) is 16.9. The number of ketones is 1. The highest BCUT2D eigenvalue weighted by Gasteiger charge is 1.99. The summed E-state index contributed by atoms with van der Waals surface area (Å²) in [6.07, 6.45) is 7.05. The van der Waals surface area contributed by atoms with Crippen LogP contribution in [-0.4, -0.2) is 39.4 Å². The van der Waals surface area contributed by atoms with Crippen LogP contribution in [-0.2, 0) is 4.79 Å². The Morgan fingerprint density at radius 1 is 1.00 bits per heavy atom. The second-order valence-corrected chi connectivity index (χ2v) is 5.57. The van der Waals surface area contributed by atoms with Crippen molar-refractivity contribution in [2.75, 3.05) is 0 Å². The summed E-state index contributed by atoms with van der Waals surface area (Å²) in [6, 6.07) is -0.577. The van der Waals surface area contributed by atoms with E-state index in [1.165, 1.54) is 43.4 Å². The predicted molar refractivity (Wildman–Crippen MR) is 103 cm³/mol. The average molecular weight is 357 g/mol. The van der Waals surface area contributed by atoms with E-state index >= 15 is 0 Å². The molecule has 0 aliphatic rings. The van der Waals surface area contributed by atoms with Crippen molar-refractivity contribution in [3.8, 4) is 0 Å². The SMILES string of the molecule is [3H]C(/C=C/[C@H](O)CC)=C(\[3H])C[C@@H](O)/C=C/C=C/C([3H])=C(/[3H])[C@@H](O)CCCC(C)=O. The Morgan fingerprint density at radius 2 is 1.72 bits per heavy atom. The third-order valence-electron chi connectivity index (χ3n) is 3.11. The molecule has 0 spiro atoms. The Morgan fingerprint density at radius 3 is 2.40 bits per heavy atom. The molecule has 3 N–H and O–H groups in total. The molecule has 140 valence electrons. The van der Waals surface area contributed by atoms with E-state index in [2.05, 4.69) is 0 Å². The highest BCUT2D eigenvalue weighted by molar-refractivity contribution is 5.75. The lowest BCUT2D eigenvalue weighted by Gasteiger charge is -2.02. The molecule has 0 aliphatic heterocycles. The molecule has 0 amide bonds. The first-order valence-electron chi connectivity index (χ1n) is 10.5. The molecule has 25 heavy (non-hydrogen) atoms. The van der Waals surface area contributed by atoms with Gasteiger partial charge in [0.2, 0.25) is 0 Å². The third-order valence-corrected chi connectivity index (χ3v) is 3.11. The van der Waals surface area contributed by atoms with Crippen molar-refractivity contribution < 1.29 is 25.6 Å². The van der Waals surface area contributed by atoms with Gasteiger partial charge in [-0.3, -0.25) is 0 Å². The minimum Gasteiger partial charge on any atom is -0.389 e. The lowest BCUT2D eigenvalue weighted by atomic mass is 10.1. The van der Waals surface area contributed by atoms with Crippen molar-refractivity contribution in [1.82, 2.24) is 0 Å². The van der Waals surface area contributed by atoms with Gasteiger partial charge in [0.15, 0.2) is 0 Å². The quantitative estimate of drug-likeness (QED) is 0.442. The number of hydrogen-bond donors (Lipinski definition) is 3. The van der Waals surface area contributed by atoms with Crippen LogP contribution >= 0.6 is 0 Å². The molecule has 0 unspecified atom stereocenters. The van der Waals surface area contributed by atoms with Crippen molar-refractivity contribution in [1.29, 1.82) is 0 Å². The average Bonchev–Trinajstić information content (AvgIpc) is 2.67. The van der Waals surface area contributed by atoms with Crippen LogP contribution in [0, 0.1) is 0 Å². The standard InChI is InChI=1S/C21H32O4/c1-3-19(23)13-9-6-10-16-20(24)14-7-4-5-8-15-21(25)17-11-12-18(2)22/h4-10,13-15,19-21,23-25H,3,11-12,16-17H2,1-2H3/b5-4+,10-6-,13-9+,14-7+,15-8-/t19-,20+,21-/m1/s1/i6T,8T,10T,15T. The summed E-state index contributed by atoms with van der Waals surface area (Å²) in [7, 11) is 0. The molecule has 0 heterocycles. The van der Waals surface area contributed by atoms with Crippen molar-refractivity contribution in [3.05, 3.63) is 60.7 Å². The van der Waals surface area contributed by atoms with Gasteiger partial charge in [-0.25, -0.2) is 0 Å². The molecule has 0 saturated heterocycles. The first-order chi connectivity index (χ1) is 13.6. The largest absolute Gasteiger partial charge is 0.389 e. The predicted octanol–water partition coefficient (Wildman–Crippen LogP) is 3.41. The summed E-state index contributed by atoms with van der Waals surface area (Å²) < 4.78 is 31.0. The van der Waals surface area contributed by atoms with Gasteiger partial charge in [-0.1, -0.05) is 67.6 Å². The van der Waals surface area contributed by atoms with Crippen LogP contribution in [0.4, 0.5) is 0 Å². The molecular formula is C21H32O4. The smallest absolute Gasteiger partial charge is 0.129 e. The summed E-state index contributed by atoms with van der Waals surface area (Å²) in [4.78, 5) is 10.9. The molecule has 0 radical (unpaired) electrons. The number of carbonyl (C=O) groups is 1. The van der Waals surface area contributed by atoms with Gasteiger partial charge >= 0.3 is 0 Å². The van der Waals surface area contributed by atoms with E-state index in [-0.39, 0.29) is 42.8 Å². The Balaban J connectivity index is 4.69. The number of hydrogen-bond acceptors (Lipinski definition) is 4. The number of Topliss-reactive ketones (excluding diaryl/α,β-unsaturated/α-hetero) is 1. The van der Waals surface area contributed by atoms with E-state index in [0.717, 1.165) is 0 Å². The first-order valence-corrected chi connectivity index (χ1v) is 8.48. The van der Waals surface area contributed by atoms with Crippen molar-refractivity contribution >= 4 is 5.78 Å². The van der Waals surface area contributed by atoms with Gasteiger partial charge in [-0.05, 0) is 32.6 Å². The zero-order valence-electron chi connectivity index (χ0n) is 19.0. The normalized spacial score (nSPS) is 20.5. The fourth-order valence-corrected chi connectivity index (χ4v) is 1.64. The van der Waals surface area contributed by atoms with Gasteiger partial charge in [-0.15, -0.1) is 0 Å². The van der Waals surface area contributed by atoms with Gasteiger partial charge in [0.1, 0.15) is 5.78 Å². The van der Waals surface area contributed by atoms with E-state index in [1.807, 2.05) is 0 Å². The zero-order chi connectivity index (χ0) is 22.4. The lowest BCUT2D eigenvalue weighted by molar-refractivity contribution is -0.117. The summed E-state index contributed by atoms with van der Waals surface area (Å²) in [5, 5.41) is 29.2. The Kier molecular flexibility index (Phi) is 10.5. The van der Waals surface area contributed by atoms with Gasteiger partial charge in [0, 0.05) is 6.42 Å². The molecule has 0 rings (SSSR count). The molecule has 3 atom stereocenters. The topological polar surface area (TPSA) is 77.8 Å². The second kappa shape index (κ2) is 15.8. The highest BCUT2D eigenvalue weighted by Crippen LogP contribution is 2.03. The molecule has 0 aromatic heterocycles. The van der Waals surface area contributed by atoms with E-state index in [4.69, 9.17) is 5.48 Å². The van der Waals surface area contributed by atoms with E-state index in [0.29, 0.717) is 19.3 Å². The molecular weight excluding hydrogens is 316 g/mol. The Hall–Kier alpha value is -1.75. The first kappa shape index (κ1) is 16.7. The number of carbonyl (C=O) groups excluding carboxylic acids is 1. The molecule has 0 bridgehead atoms. The van der Waals surface area contributed by atoms with Gasteiger partial charge < -0.3 is 20.1 Å². The number of aliphatic hydroxyl groups excluding tert-OH is 3. The van der Waals surface area contributed by atoms with Crippen LogP contribution in [0.1, 0.15) is 51.4 Å². The molecule has 0 saturated carbocycles. The lowest BCUT2D eigenvalue weighted by Crippen LogP contribution is -2.02. The summed E-state index contributed by atoms with van der Waals surface area (Å²) in [6.45, 7) is 3.25. The molecule has 4 nitrogen and oxygen atoms in total. The maximum Gasteiger partial charge on any atom is 0.129 e. The van der Waals surface area contributed by atoms with Crippen molar-refractivity contribution in [2.45, 2.75) is 64.3 Å². The van der Waals surface area contributed by atoms with E-state index in [9.17, 15) is 20.1 Å². The molecule has 0 aromatic rings. The van der Waals surface area contributed by atoms with Crippen LogP contribution in [0.15, 0.2) is 60.7 Å². The van der Waals surface area contributed by atoms with Gasteiger partial charge in [0.25, 0.3) is 0 Å². The van der Waals surface area contributed by atoms with Crippen LogP contribution in [0.5, 0.6) is 0 Å². The van der Waals surface area contributed by atoms with Crippen LogP contribution in [0.25, 0.3) is 0 Å². The molecule has 4 heteroatoms. The Labute approximate surface area is 157 Å². The van der Waals surface area contributed by atoms with Crippen LogP contribution in [0.2, 0.25) is 0 Å². The monoisotopic (exact) mass is 356 g/mol. The molecule has 0 fully saturated rings. The summed E-state index contributed by atoms with van der Waals surface area (Å²) in [5.74, 6) is 0.0141. The maximum atomic E-state index is 10.9. The maximum absolute atomic E-state index is 10.9. The van der Waals surface area contributed by atoms with Crippen LogP contribution < -0.4 is 0 Å². The van der Waals surface area contributed by atoms with Crippen LogP contribution in [0.3, 0.4) is 0 Å². The fourth-order valence-electron chi connectivity index (χ4n) is 1.64.